The van der Waals surface area contributed by atoms with Gasteiger partial charge in [-0.2, -0.15) is 5.10 Å². The molecule has 1 aliphatic rings. The molecule has 1 aromatic rings. The highest BCUT2D eigenvalue weighted by Crippen LogP contribution is 2.11. The lowest BCUT2D eigenvalue weighted by Crippen LogP contribution is -2.51. The lowest BCUT2D eigenvalue weighted by Gasteiger charge is -2.32. The smallest absolute Gasteiger partial charge is 0.237 e. The fraction of sp³-hybridized carbons (Fsp3) is 0.500. The van der Waals surface area contributed by atoms with Crippen molar-refractivity contribution in [2.24, 2.45) is 5.73 Å². The van der Waals surface area contributed by atoms with Gasteiger partial charge in [0, 0.05) is 13.1 Å². The molecule has 6 nitrogen and oxygen atoms in total. The van der Waals surface area contributed by atoms with Crippen LogP contribution in [0.4, 0.5) is 0 Å². The second kappa shape index (κ2) is 5.39. The zero-order valence-electron chi connectivity index (χ0n) is 9.17. The number of carbonyl (C=O) groups is 1. The number of primary amides is 1. The molecule has 0 radical (unpaired) electrons. The number of carbonyl (C=O) groups excluding carboxylic acids is 1. The Morgan fingerprint density at radius 2 is 2.41 bits per heavy atom. The van der Waals surface area contributed by atoms with Crippen molar-refractivity contribution in [3.05, 3.63) is 23.0 Å². The van der Waals surface area contributed by atoms with Crippen LogP contribution in [0.3, 0.4) is 0 Å². The molecule has 2 N–H and O–H groups in total. The van der Waals surface area contributed by atoms with Crippen LogP contribution in [-0.4, -0.2) is 46.8 Å². The molecule has 1 aliphatic heterocycles. The summed E-state index contributed by atoms with van der Waals surface area (Å²) in [5.41, 5.74) is 6.07. The van der Waals surface area contributed by atoms with Crippen molar-refractivity contribution in [3.63, 3.8) is 0 Å². The number of halogens is 1. The van der Waals surface area contributed by atoms with Gasteiger partial charge in [-0.05, 0) is 12.1 Å². The van der Waals surface area contributed by atoms with E-state index in [-0.39, 0.29) is 5.91 Å². The SMILES string of the molecule is NC(=O)C1COCCN1Cc1ccc(Cl)nn1. The summed E-state index contributed by atoms with van der Waals surface area (Å²) in [4.78, 5) is 13.2. The van der Waals surface area contributed by atoms with Crippen LogP contribution in [0.2, 0.25) is 5.15 Å². The van der Waals surface area contributed by atoms with Gasteiger partial charge in [0.2, 0.25) is 5.91 Å². The van der Waals surface area contributed by atoms with Gasteiger partial charge in [-0.15, -0.1) is 5.10 Å². The Morgan fingerprint density at radius 1 is 1.59 bits per heavy atom. The van der Waals surface area contributed by atoms with Gasteiger partial charge in [0.25, 0.3) is 0 Å². The first-order valence-corrected chi connectivity index (χ1v) is 5.64. The number of rotatable bonds is 3. The summed E-state index contributed by atoms with van der Waals surface area (Å²) in [5, 5.41) is 8.05. The number of aromatic nitrogens is 2. The number of hydrogen-bond donors (Lipinski definition) is 1. The van der Waals surface area contributed by atoms with Crippen LogP contribution in [0.1, 0.15) is 5.69 Å². The zero-order valence-corrected chi connectivity index (χ0v) is 9.93. The molecule has 1 aromatic heterocycles. The number of nitrogens with zero attached hydrogens (tertiary/aromatic N) is 3. The Kier molecular flexibility index (Phi) is 3.88. The van der Waals surface area contributed by atoms with Crippen LogP contribution < -0.4 is 5.73 Å². The molecule has 7 heteroatoms. The predicted octanol–water partition coefficient (Wildman–Crippen LogP) is -0.184. The van der Waals surface area contributed by atoms with Crippen LogP contribution in [0, 0.1) is 0 Å². The quantitative estimate of drug-likeness (QED) is 0.811. The molecule has 0 spiro atoms. The monoisotopic (exact) mass is 256 g/mol. The lowest BCUT2D eigenvalue weighted by atomic mass is 10.2. The topological polar surface area (TPSA) is 81.3 Å². The maximum Gasteiger partial charge on any atom is 0.237 e. The van der Waals surface area contributed by atoms with Crippen molar-refractivity contribution in [2.45, 2.75) is 12.6 Å². The molecule has 0 aliphatic carbocycles. The maximum absolute atomic E-state index is 11.3. The Hall–Kier alpha value is -1.24. The van der Waals surface area contributed by atoms with Crippen molar-refractivity contribution >= 4 is 17.5 Å². The normalized spacial score (nSPS) is 21.4. The first-order chi connectivity index (χ1) is 8.16. The minimum Gasteiger partial charge on any atom is -0.378 e. The maximum atomic E-state index is 11.3. The highest BCUT2D eigenvalue weighted by atomic mass is 35.5. The van der Waals surface area contributed by atoms with E-state index >= 15 is 0 Å². The summed E-state index contributed by atoms with van der Waals surface area (Å²) in [6, 6.07) is 3.05. The lowest BCUT2D eigenvalue weighted by molar-refractivity contribution is -0.129. The zero-order chi connectivity index (χ0) is 12.3. The fourth-order valence-corrected chi connectivity index (χ4v) is 1.83. The minimum atomic E-state index is -0.402. The number of nitrogens with two attached hydrogens (primary N) is 1. The van der Waals surface area contributed by atoms with E-state index in [1.807, 2.05) is 4.90 Å². The summed E-state index contributed by atoms with van der Waals surface area (Å²) in [6.07, 6.45) is 0. The third-order valence-corrected chi connectivity index (χ3v) is 2.82. The van der Waals surface area contributed by atoms with Gasteiger partial charge in [-0.3, -0.25) is 9.69 Å². The van der Waals surface area contributed by atoms with E-state index in [2.05, 4.69) is 10.2 Å². The molecule has 0 saturated carbocycles. The first kappa shape index (κ1) is 12.2. The van der Waals surface area contributed by atoms with Gasteiger partial charge in [-0.25, -0.2) is 0 Å². The largest absolute Gasteiger partial charge is 0.378 e. The molecule has 1 unspecified atom stereocenters. The molecule has 17 heavy (non-hydrogen) atoms. The summed E-state index contributed by atoms with van der Waals surface area (Å²) >= 11 is 5.65. The van der Waals surface area contributed by atoms with Crippen molar-refractivity contribution in [2.75, 3.05) is 19.8 Å². The second-order valence-corrected chi connectivity index (χ2v) is 4.20. The third kappa shape index (κ3) is 3.12. The van der Waals surface area contributed by atoms with Crippen molar-refractivity contribution in [1.82, 2.24) is 15.1 Å². The first-order valence-electron chi connectivity index (χ1n) is 5.26. The van der Waals surface area contributed by atoms with E-state index in [9.17, 15) is 4.79 Å². The summed E-state index contributed by atoms with van der Waals surface area (Å²) in [6.45, 7) is 2.08. The average molecular weight is 257 g/mol. The minimum absolute atomic E-state index is 0.330. The van der Waals surface area contributed by atoms with Gasteiger partial charge >= 0.3 is 0 Å². The number of morpholine rings is 1. The fourth-order valence-electron chi connectivity index (χ4n) is 1.73. The Labute approximate surface area is 104 Å². The predicted molar refractivity (Wildman–Crippen MR) is 61.3 cm³/mol. The highest BCUT2D eigenvalue weighted by Gasteiger charge is 2.27. The summed E-state index contributed by atoms with van der Waals surface area (Å²) < 4.78 is 5.23. The number of hydrogen-bond acceptors (Lipinski definition) is 5. The molecule has 1 fully saturated rings. The van der Waals surface area contributed by atoms with E-state index in [4.69, 9.17) is 22.1 Å². The second-order valence-electron chi connectivity index (χ2n) is 3.81. The molecule has 2 heterocycles. The third-order valence-electron chi connectivity index (χ3n) is 2.62. The van der Waals surface area contributed by atoms with E-state index < -0.39 is 6.04 Å². The Bertz CT molecular complexity index is 398. The van der Waals surface area contributed by atoms with E-state index in [1.54, 1.807) is 12.1 Å². The van der Waals surface area contributed by atoms with Gasteiger partial charge in [0.05, 0.1) is 18.9 Å². The van der Waals surface area contributed by atoms with Crippen LogP contribution in [0.25, 0.3) is 0 Å². The van der Waals surface area contributed by atoms with Crippen molar-refractivity contribution in [1.29, 1.82) is 0 Å². The molecule has 2 rings (SSSR count). The molecular formula is C10H13ClN4O2. The van der Waals surface area contributed by atoms with Crippen molar-refractivity contribution in [3.8, 4) is 0 Å². The summed E-state index contributed by atoms with van der Waals surface area (Å²) in [7, 11) is 0. The van der Waals surface area contributed by atoms with E-state index in [0.29, 0.717) is 31.5 Å². The molecule has 1 atom stereocenters. The van der Waals surface area contributed by atoms with Crippen LogP contribution in [-0.2, 0) is 16.1 Å². The average Bonchev–Trinajstić information content (AvgIpc) is 2.32. The Morgan fingerprint density at radius 3 is 3.06 bits per heavy atom. The Balaban J connectivity index is 2.05. The molecule has 0 aromatic carbocycles. The highest BCUT2D eigenvalue weighted by molar-refractivity contribution is 6.29. The molecule has 1 amide bonds. The standard InChI is InChI=1S/C10H13ClN4O2/c11-9-2-1-7(13-14-9)5-15-3-4-17-6-8(15)10(12)16/h1-2,8H,3-6H2,(H2,12,16). The van der Waals surface area contributed by atoms with E-state index in [0.717, 1.165) is 5.69 Å². The van der Waals surface area contributed by atoms with Crippen LogP contribution >= 0.6 is 11.6 Å². The number of ether oxygens (including phenoxy) is 1. The molecular weight excluding hydrogens is 244 g/mol. The van der Waals surface area contributed by atoms with Gasteiger partial charge in [-0.1, -0.05) is 11.6 Å². The number of amides is 1. The molecule has 0 bridgehead atoms. The molecule has 1 saturated heterocycles. The van der Waals surface area contributed by atoms with Crippen molar-refractivity contribution < 1.29 is 9.53 Å². The van der Waals surface area contributed by atoms with Gasteiger partial charge in [0.15, 0.2) is 5.15 Å². The van der Waals surface area contributed by atoms with Gasteiger partial charge < -0.3 is 10.5 Å². The van der Waals surface area contributed by atoms with Crippen LogP contribution in [0.5, 0.6) is 0 Å². The van der Waals surface area contributed by atoms with Gasteiger partial charge in [0.1, 0.15) is 6.04 Å². The van der Waals surface area contributed by atoms with E-state index in [1.165, 1.54) is 0 Å². The van der Waals surface area contributed by atoms with Crippen LogP contribution in [0.15, 0.2) is 12.1 Å². The molecule has 92 valence electrons. The summed E-state index contributed by atoms with van der Waals surface area (Å²) in [5.74, 6) is -0.383.